The van der Waals surface area contributed by atoms with Crippen LogP contribution >= 0.6 is 0 Å². The summed E-state index contributed by atoms with van der Waals surface area (Å²) < 4.78 is 5.33. The second-order valence-electron chi connectivity index (χ2n) is 7.16. The molecule has 0 unspecified atom stereocenters. The highest BCUT2D eigenvalue weighted by Crippen LogP contribution is 2.21. The Balaban J connectivity index is 1.56. The van der Waals surface area contributed by atoms with Gasteiger partial charge in [0, 0.05) is 32.7 Å². The molecule has 0 aromatic heterocycles. The summed E-state index contributed by atoms with van der Waals surface area (Å²) >= 11 is 0. The number of amides is 1. The maximum atomic E-state index is 12.8. The van der Waals surface area contributed by atoms with Crippen LogP contribution in [0.5, 0.6) is 5.75 Å². The maximum Gasteiger partial charge on any atom is 0.257 e. The number of hydrogen-bond donors (Lipinski definition) is 0. The highest BCUT2D eigenvalue weighted by atomic mass is 16.5. The Morgan fingerprint density at radius 2 is 1.65 bits per heavy atom. The molecule has 0 bridgehead atoms. The molecule has 0 aliphatic carbocycles. The SMILES string of the molecule is COc1ccccc1C(=O)N1CCN(Cc2ccc(C(C)C)cc2)CC1. The summed E-state index contributed by atoms with van der Waals surface area (Å²) in [6, 6.07) is 16.3. The first kappa shape index (κ1) is 18.5. The van der Waals surface area contributed by atoms with E-state index in [0.29, 0.717) is 17.2 Å². The number of hydrogen-bond acceptors (Lipinski definition) is 3. The lowest BCUT2D eigenvalue weighted by atomic mass is 10.0. The molecular formula is C22H28N2O2. The number of carbonyl (C=O) groups excluding carboxylic acids is 1. The summed E-state index contributed by atoms with van der Waals surface area (Å²) in [5, 5.41) is 0. The lowest BCUT2D eigenvalue weighted by Gasteiger charge is -2.35. The van der Waals surface area contributed by atoms with Crippen molar-refractivity contribution in [2.24, 2.45) is 0 Å². The van der Waals surface area contributed by atoms with Gasteiger partial charge in [-0.25, -0.2) is 0 Å². The number of nitrogens with zero attached hydrogens (tertiary/aromatic N) is 2. The lowest BCUT2D eigenvalue weighted by Crippen LogP contribution is -2.48. The third kappa shape index (κ3) is 4.25. The van der Waals surface area contributed by atoms with E-state index in [1.54, 1.807) is 7.11 Å². The number of rotatable bonds is 5. The lowest BCUT2D eigenvalue weighted by molar-refractivity contribution is 0.0625. The zero-order valence-electron chi connectivity index (χ0n) is 15.9. The zero-order chi connectivity index (χ0) is 18.5. The first-order valence-corrected chi connectivity index (χ1v) is 9.32. The van der Waals surface area contributed by atoms with Gasteiger partial charge in [0.1, 0.15) is 5.75 Å². The van der Waals surface area contributed by atoms with Crippen molar-refractivity contribution in [3.8, 4) is 5.75 Å². The summed E-state index contributed by atoms with van der Waals surface area (Å²) in [5.74, 6) is 1.27. The molecule has 0 radical (unpaired) electrons. The minimum atomic E-state index is 0.0587. The van der Waals surface area contributed by atoms with Gasteiger partial charge in [-0.1, -0.05) is 50.2 Å². The average molecular weight is 352 g/mol. The molecule has 0 N–H and O–H groups in total. The molecule has 0 atom stereocenters. The zero-order valence-corrected chi connectivity index (χ0v) is 15.9. The summed E-state index contributed by atoms with van der Waals surface area (Å²) in [6.07, 6.45) is 0. The van der Waals surface area contributed by atoms with Crippen LogP contribution in [0.2, 0.25) is 0 Å². The second kappa shape index (κ2) is 8.37. The molecule has 3 rings (SSSR count). The van der Waals surface area contributed by atoms with E-state index in [-0.39, 0.29) is 5.91 Å². The van der Waals surface area contributed by atoms with Crippen molar-refractivity contribution in [3.63, 3.8) is 0 Å². The van der Waals surface area contributed by atoms with E-state index in [1.165, 1.54) is 11.1 Å². The molecule has 1 fully saturated rings. The largest absolute Gasteiger partial charge is 0.496 e. The molecule has 2 aromatic rings. The number of piperazine rings is 1. The molecule has 1 heterocycles. The fourth-order valence-corrected chi connectivity index (χ4v) is 3.37. The van der Waals surface area contributed by atoms with Crippen LogP contribution in [-0.2, 0) is 6.54 Å². The Labute approximate surface area is 156 Å². The topological polar surface area (TPSA) is 32.8 Å². The van der Waals surface area contributed by atoms with Crippen LogP contribution in [0.15, 0.2) is 48.5 Å². The van der Waals surface area contributed by atoms with Gasteiger partial charge in [0.15, 0.2) is 0 Å². The van der Waals surface area contributed by atoms with Gasteiger partial charge in [0.05, 0.1) is 12.7 Å². The van der Waals surface area contributed by atoms with Crippen LogP contribution in [0.4, 0.5) is 0 Å². The quantitative estimate of drug-likeness (QED) is 0.821. The first-order chi connectivity index (χ1) is 12.6. The Hall–Kier alpha value is -2.33. The predicted octanol–water partition coefficient (Wildman–Crippen LogP) is 3.78. The number of benzene rings is 2. The van der Waals surface area contributed by atoms with Crippen molar-refractivity contribution in [3.05, 3.63) is 65.2 Å². The maximum absolute atomic E-state index is 12.8. The molecule has 1 aliphatic heterocycles. The van der Waals surface area contributed by atoms with Crippen molar-refractivity contribution in [1.29, 1.82) is 0 Å². The van der Waals surface area contributed by atoms with Gasteiger partial charge in [0.25, 0.3) is 5.91 Å². The normalized spacial score (nSPS) is 15.3. The first-order valence-electron chi connectivity index (χ1n) is 9.32. The number of ether oxygens (including phenoxy) is 1. The van der Waals surface area contributed by atoms with Crippen LogP contribution in [0, 0.1) is 0 Å². The van der Waals surface area contributed by atoms with Gasteiger partial charge in [0.2, 0.25) is 0 Å². The van der Waals surface area contributed by atoms with E-state index in [9.17, 15) is 4.79 Å². The molecule has 4 heteroatoms. The molecule has 138 valence electrons. The summed E-state index contributed by atoms with van der Waals surface area (Å²) in [4.78, 5) is 17.1. The van der Waals surface area contributed by atoms with Crippen LogP contribution in [0.1, 0.15) is 41.3 Å². The minimum absolute atomic E-state index is 0.0587. The van der Waals surface area contributed by atoms with E-state index in [0.717, 1.165) is 32.7 Å². The van der Waals surface area contributed by atoms with E-state index in [1.807, 2.05) is 29.2 Å². The van der Waals surface area contributed by atoms with E-state index < -0.39 is 0 Å². The molecule has 0 saturated carbocycles. The molecule has 0 spiro atoms. The third-order valence-electron chi connectivity index (χ3n) is 5.05. The van der Waals surface area contributed by atoms with Crippen molar-refractivity contribution in [2.45, 2.75) is 26.3 Å². The van der Waals surface area contributed by atoms with Crippen LogP contribution in [0.25, 0.3) is 0 Å². The predicted molar refractivity (Wildman–Crippen MR) is 105 cm³/mol. The van der Waals surface area contributed by atoms with Crippen molar-refractivity contribution in [2.75, 3.05) is 33.3 Å². The van der Waals surface area contributed by atoms with Gasteiger partial charge in [-0.15, -0.1) is 0 Å². The number of methoxy groups -OCH3 is 1. The van der Waals surface area contributed by atoms with Crippen molar-refractivity contribution < 1.29 is 9.53 Å². The van der Waals surface area contributed by atoms with Crippen LogP contribution in [-0.4, -0.2) is 49.0 Å². The Kier molecular flexibility index (Phi) is 5.94. The summed E-state index contributed by atoms with van der Waals surface area (Å²) in [6.45, 7) is 8.66. The van der Waals surface area contributed by atoms with E-state index >= 15 is 0 Å². The van der Waals surface area contributed by atoms with Gasteiger partial charge < -0.3 is 9.64 Å². The monoisotopic (exact) mass is 352 g/mol. The molecule has 26 heavy (non-hydrogen) atoms. The van der Waals surface area contributed by atoms with Crippen LogP contribution in [0.3, 0.4) is 0 Å². The van der Waals surface area contributed by atoms with E-state index in [4.69, 9.17) is 4.74 Å². The highest BCUT2D eigenvalue weighted by molar-refractivity contribution is 5.97. The fourth-order valence-electron chi connectivity index (χ4n) is 3.37. The molecular weight excluding hydrogens is 324 g/mol. The second-order valence-corrected chi connectivity index (χ2v) is 7.16. The van der Waals surface area contributed by atoms with Gasteiger partial charge in [-0.3, -0.25) is 9.69 Å². The smallest absolute Gasteiger partial charge is 0.257 e. The fraction of sp³-hybridized carbons (Fsp3) is 0.409. The molecule has 1 saturated heterocycles. The Morgan fingerprint density at radius 1 is 1.00 bits per heavy atom. The van der Waals surface area contributed by atoms with Gasteiger partial charge in [-0.2, -0.15) is 0 Å². The minimum Gasteiger partial charge on any atom is -0.496 e. The Morgan fingerprint density at radius 3 is 2.27 bits per heavy atom. The Bertz CT molecular complexity index is 732. The standard InChI is InChI=1S/C22H28N2O2/c1-17(2)19-10-8-18(9-11-19)16-23-12-14-24(15-13-23)22(25)20-6-4-5-7-21(20)26-3/h4-11,17H,12-16H2,1-3H3. The van der Waals surface area contributed by atoms with Crippen molar-refractivity contribution >= 4 is 5.91 Å². The molecule has 1 aliphatic rings. The number of carbonyl (C=O) groups is 1. The molecule has 1 amide bonds. The average Bonchev–Trinajstić information content (AvgIpc) is 2.68. The van der Waals surface area contributed by atoms with E-state index in [2.05, 4.69) is 43.0 Å². The van der Waals surface area contributed by atoms with Gasteiger partial charge in [-0.05, 0) is 29.2 Å². The summed E-state index contributed by atoms with van der Waals surface area (Å²) in [5.41, 5.74) is 3.35. The van der Waals surface area contributed by atoms with Crippen molar-refractivity contribution in [1.82, 2.24) is 9.80 Å². The molecule has 2 aromatic carbocycles. The summed E-state index contributed by atoms with van der Waals surface area (Å²) in [7, 11) is 1.61. The van der Waals surface area contributed by atoms with Gasteiger partial charge >= 0.3 is 0 Å². The molecule has 4 nitrogen and oxygen atoms in total. The third-order valence-corrected chi connectivity index (χ3v) is 5.05. The van der Waals surface area contributed by atoms with Crippen LogP contribution < -0.4 is 4.74 Å². The number of para-hydroxylation sites is 1. The highest BCUT2D eigenvalue weighted by Gasteiger charge is 2.24.